The summed E-state index contributed by atoms with van der Waals surface area (Å²) in [7, 11) is 0. The number of piperidine rings is 1. The van der Waals surface area contributed by atoms with Crippen molar-refractivity contribution in [2.45, 2.75) is 18.4 Å². The molecule has 0 bridgehead atoms. The molecule has 0 saturated carbocycles. The van der Waals surface area contributed by atoms with Gasteiger partial charge in [-0.25, -0.2) is 0 Å². The zero-order valence-corrected chi connectivity index (χ0v) is 19.7. The maximum absolute atomic E-state index is 13.4. The Morgan fingerprint density at radius 3 is 2.31 bits per heavy atom. The van der Waals surface area contributed by atoms with Crippen LogP contribution in [0.4, 0.5) is 0 Å². The van der Waals surface area contributed by atoms with E-state index in [1.807, 2.05) is 60.0 Å². The van der Waals surface area contributed by atoms with E-state index in [0.29, 0.717) is 30.8 Å². The zero-order valence-electron chi connectivity index (χ0n) is 17.3. The predicted molar refractivity (Wildman–Crippen MR) is 130 cm³/mol. The van der Waals surface area contributed by atoms with Gasteiger partial charge in [0.25, 0.3) is 11.8 Å². The van der Waals surface area contributed by atoms with Crippen LogP contribution in [-0.2, 0) is 10.4 Å². The van der Waals surface area contributed by atoms with Crippen molar-refractivity contribution in [2.24, 2.45) is 0 Å². The van der Waals surface area contributed by atoms with Crippen LogP contribution >= 0.6 is 27.3 Å². The molecule has 0 aliphatic carbocycles. The second kappa shape index (κ2) is 9.81. The standard InChI is InChI=1S/C25H23BrN2O3S/c26-20-10-8-19(9-11-20)25(31)12-14-28(15-13-25)24(30)21(17-18-5-2-1-3-6-18)27-23(29)22-7-4-16-32-22/h1-11,16-17,31H,12-15H2,(H,27,29)/b21-17-. The van der Waals surface area contributed by atoms with Gasteiger partial charge in [0.1, 0.15) is 5.70 Å². The molecular weight excluding hydrogens is 488 g/mol. The molecule has 0 radical (unpaired) electrons. The van der Waals surface area contributed by atoms with Crippen molar-refractivity contribution < 1.29 is 14.7 Å². The summed E-state index contributed by atoms with van der Waals surface area (Å²) in [4.78, 5) is 28.2. The van der Waals surface area contributed by atoms with E-state index in [1.165, 1.54) is 11.3 Å². The summed E-state index contributed by atoms with van der Waals surface area (Å²) in [6.07, 6.45) is 2.55. The van der Waals surface area contributed by atoms with E-state index in [2.05, 4.69) is 21.2 Å². The van der Waals surface area contributed by atoms with Crippen LogP contribution in [0.1, 0.15) is 33.6 Å². The van der Waals surface area contributed by atoms with Crippen LogP contribution in [0.25, 0.3) is 6.08 Å². The van der Waals surface area contributed by atoms with Crippen molar-refractivity contribution in [3.05, 3.63) is 98.3 Å². The summed E-state index contributed by atoms with van der Waals surface area (Å²) in [5, 5.41) is 15.8. The van der Waals surface area contributed by atoms with Gasteiger partial charge in [0.15, 0.2) is 0 Å². The number of rotatable bonds is 5. The van der Waals surface area contributed by atoms with Crippen molar-refractivity contribution >= 4 is 45.2 Å². The highest BCUT2D eigenvalue weighted by Gasteiger charge is 2.36. The molecule has 0 unspecified atom stereocenters. The summed E-state index contributed by atoms with van der Waals surface area (Å²) in [6, 6.07) is 20.6. The minimum absolute atomic E-state index is 0.226. The molecule has 164 valence electrons. The van der Waals surface area contributed by atoms with Crippen LogP contribution in [0.5, 0.6) is 0 Å². The second-order valence-corrected chi connectivity index (χ2v) is 9.59. The quantitative estimate of drug-likeness (QED) is 0.484. The van der Waals surface area contributed by atoms with Gasteiger partial charge in [0.05, 0.1) is 10.5 Å². The lowest BCUT2D eigenvalue weighted by Gasteiger charge is -2.38. The summed E-state index contributed by atoms with van der Waals surface area (Å²) < 4.78 is 0.953. The molecule has 1 aliphatic heterocycles. The molecule has 1 fully saturated rings. The van der Waals surface area contributed by atoms with Crippen LogP contribution in [0.3, 0.4) is 0 Å². The number of hydrogen-bond acceptors (Lipinski definition) is 4. The van der Waals surface area contributed by atoms with Gasteiger partial charge in [-0.05, 0) is 53.6 Å². The Morgan fingerprint density at radius 2 is 1.69 bits per heavy atom. The van der Waals surface area contributed by atoms with Gasteiger partial charge >= 0.3 is 0 Å². The highest BCUT2D eigenvalue weighted by atomic mass is 79.9. The van der Waals surface area contributed by atoms with Gasteiger partial charge in [-0.3, -0.25) is 9.59 Å². The lowest BCUT2D eigenvalue weighted by Crippen LogP contribution is -2.47. The summed E-state index contributed by atoms with van der Waals surface area (Å²) >= 11 is 4.74. The molecule has 1 aromatic heterocycles. The monoisotopic (exact) mass is 510 g/mol. The fourth-order valence-corrected chi connectivity index (χ4v) is 4.64. The van der Waals surface area contributed by atoms with Gasteiger partial charge in [0.2, 0.25) is 0 Å². The maximum atomic E-state index is 13.4. The lowest BCUT2D eigenvalue weighted by molar-refractivity contribution is -0.131. The molecule has 7 heteroatoms. The predicted octanol–water partition coefficient (Wildman–Crippen LogP) is 4.79. The van der Waals surface area contributed by atoms with Gasteiger partial charge < -0.3 is 15.3 Å². The number of benzene rings is 2. The van der Waals surface area contributed by atoms with E-state index < -0.39 is 5.60 Å². The number of carbonyl (C=O) groups is 2. The topological polar surface area (TPSA) is 69.6 Å². The molecule has 5 nitrogen and oxygen atoms in total. The van der Waals surface area contributed by atoms with Crippen molar-refractivity contribution in [3.63, 3.8) is 0 Å². The highest BCUT2D eigenvalue weighted by Crippen LogP contribution is 2.33. The second-order valence-electron chi connectivity index (χ2n) is 7.73. The van der Waals surface area contributed by atoms with E-state index in [9.17, 15) is 14.7 Å². The molecule has 2 heterocycles. The molecule has 3 aromatic rings. The number of thiophene rings is 1. The zero-order chi connectivity index (χ0) is 22.6. The highest BCUT2D eigenvalue weighted by molar-refractivity contribution is 9.10. The van der Waals surface area contributed by atoms with Crippen molar-refractivity contribution in [1.29, 1.82) is 0 Å². The normalized spacial score (nSPS) is 15.9. The molecule has 1 aliphatic rings. The average Bonchev–Trinajstić information content (AvgIpc) is 3.35. The van der Waals surface area contributed by atoms with E-state index >= 15 is 0 Å². The Bertz CT molecular complexity index is 1100. The van der Waals surface area contributed by atoms with Gasteiger partial charge in [0, 0.05) is 17.6 Å². The molecular formula is C25H23BrN2O3S. The largest absolute Gasteiger partial charge is 0.385 e. The molecule has 2 aromatic carbocycles. The fraction of sp³-hybridized carbons (Fsp3) is 0.200. The summed E-state index contributed by atoms with van der Waals surface area (Å²) in [5.74, 6) is -0.560. The van der Waals surface area contributed by atoms with Gasteiger partial charge in [-0.15, -0.1) is 11.3 Å². The van der Waals surface area contributed by atoms with Crippen molar-refractivity contribution in [3.8, 4) is 0 Å². The maximum Gasteiger partial charge on any atom is 0.270 e. The first-order valence-electron chi connectivity index (χ1n) is 10.3. The third kappa shape index (κ3) is 5.18. The molecule has 4 rings (SSSR count). The number of aliphatic hydroxyl groups is 1. The van der Waals surface area contributed by atoms with E-state index in [-0.39, 0.29) is 17.5 Å². The minimum Gasteiger partial charge on any atom is -0.385 e. The van der Waals surface area contributed by atoms with Crippen molar-refractivity contribution in [2.75, 3.05) is 13.1 Å². The average molecular weight is 511 g/mol. The van der Waals surface area contributed by atoms with Gasteiger partial charge in [-0.1, -0.05) is 64.5 Å². The first kappa shape index (κ1) is 22.5. The third-order valence-corrected chi connectivity index (χ3v) is 6.99. The molecule has 1 saturated heterocycles. The Morgan fingerprint density at radius 1 is 1.00 bits per heavy atom. The number of hydrogen-bond donors (Lipinski definition) is 2. The van der Waals surface area contributed by atoms with E-state index in [1.54, 1.807) is 23.1 Å². The molecule has 2 amide bonds. The van der Waals surface area contributed by atoms with E-state index in [0.717, 1.165) is 15.6 Å². The molecule has 2 N–H and O–H groups in total. The number of halogens is 1. The van der Waals surface area contributed by atoms with Gasteiger partial charge in [-0.2, -0.15) is 0 Å². The Balaban J connectivity index is 1.51. The summed E-state index contributed by atoms with van der Waals surface area (Å²) in [5.41, 5.74) is 0.925. The smallest absolute Gasteiger partial charge is 0.270 e. The number of amides is 2. The third-order valence-electron chi connectivity index (χ3n) is 5.59. The Kier molecular flexibility index (Phi) is 6.89. The van der Waals surface area contributed by atoms with Crippen LogP contribution < -0.4 is 5.32 Å². The van der Waals surface area contributed by atoms with Crippen molar-refractivity contribution in [1.82, 2.24) is 10.2 Å². The van der Waals surface area contributed by atoms with E-state index in [4.69, 9.17) is 0 Å². The van der Waals surface area contributed by atoms with Crippen LogP contribution in [-0.4, -0.2) is 34.9 Å². The Labute approximate surface area is 199 Å². The minimum atomic E-state index is -0.971. The van der Waals surface area contributed by atoms with Crippen LogP contribution in [0.2, 0.25) is 0 Å². The first-order valence-corrected chi connectivity index (χ1v) is 12.0. The molecule has 32 heavy (non-hydrogen) atoms. The van der Waals surface area contributed by atoms with Crippen LogP contribution in [0, 0.1) is 0 Å². The SMILES string of the molecule is O=C(N/C(=C\c1ccccc1)C(=O)N1CCC(O)(c2ccc(Br)cc2)CC1)c1cccs1. The number of likely N-dealkylation sites (tertiary alicyclic amines) is 1. The first-order chi connectivity index (χ1) is 15.4. The molecule has 0 spiro atoms. The number of nitrogens with zero attached hydrogens (tertiary/aromatic N) is 1. The Hall–Kier alpha value is -2.74. The fourth-order valence-electron chi connectivity index (χ4n) is 3.76. The number of carbonyl (C=O) groups excluding carboxylic acids is 2. The summed E-state index contributed by atoms with van der Waals surface area (Å²) in [6.45, 7) is 0.790. The lowest BCUT2D eigenvalue weighted by atomic mass is 9.84. The number of nitrogens with one attached hydrogen (secondary N) is 1. The molecule has 0 atom stereocenters. The van der Waals surface area contributed by atoms with Crippen LogP contribution in [0.15, 0.2) is 82.3 Å².